The first kappa shape index (κ1) is 38.6. The van der Waals surface area contributed by atoms with Crippen LogP contribution in [-0.2, 0) is 9.57 Å². The summed E-state index contributed by atoms with van der Waals surface area (Å²) in [5.41, 5.74) is 3.39. The number of aliphatic hydroxyl groups is 2. The minimum absolute atomic E-state index is 0.0719. The topological polar surface area (TPSA) is 116 Å². The second kappa shape index (κ2) is 18.3. The molecule has 2 aliphatic carbocycles. The lowest BCUT2D eigenvalue weighted by molar-refractivity contribution is -0.223. The minimum atomic E-state index is -1.08. The predicted octanol–water partition coefficient (Wildman–Crippen LogP) is 8.75. The normalized spacial score (nSPS) is 25.0. The molecular formula is C43H51NO8S. The Morgan fingerprint density at radius 3 is 2.47 bits per heavy atom. The third-order valence-electron chi connectivity index (χ3n) is 10.5. The summed E-state index contributed by atoms with van der Waals surface area (Å²) in [6, 6.07) is 21.5. The van der Waals surface area contributed by atoms with Crippen LogP contribution in [0.1, 0.15) is 73.7 Å². The van der Waals surface area contributed by atoms with Gasteiger partial charge in [0.15, 0.2) is 6.29 Å². The molecule has 0 unspecified atom stereocenters. The zero-order chi connectivity index (χ0) is 37.2. The summed E-state index contributed by atoms with van der Waals surface area (Å²) < 4.78 is 26.0. The van der Waals surface area contributed by atoms with Gasteiger partial charge in [0, 0.05) is 36.0 Å². The van der Waals surface area contributed by atoms with E-state index in [1.54, 1.807) is 36.0 Å². The van der Waals surface area contributed by atoms with Gasteiger partial charge in [-0.15, -0.1) is 18.3 Å². The fourth-order valence-corrected chi connectivity index (χ4v) is 9.61. The highest BCUT2D eigenvalue weighted by Gasteiger charge is 2.64. The van der Waals surface area contributed by atoms with Crippen molar-refractivity contribution in [1.82, 2.24) is 0 Å². The second-order valence-electron chi connectivity index (χ2n) is 13.7. The van der Waals surface area contributed by atoms with Crippen molar-refractivity contribution in [2.45, 2.75) is 73.7 Å². The van der Waals surface area contributed by atoms with Gasteiger partial charge in [0.25, 0.3) is 0 Å². The first-order chi connectivity index (χ1) is 26.0. The second-order valence-corrected chi connectivity index (χ2v) is 15.0. The van der Waals surface area contributed by atoms with Crippen molar-refractivity contribution in [3.63, 3.8) is 0 Å². The molecular weight excluding hydrogens is 691 g/mol. The molecule has 1 fully saturated rings. The van der Waals surface area contributed by atoms with E-state index in [-0.39, 0.29) is 42.1 Å². The van der Waals surface area contributed by atoms with Gasteiger partial charge in [-0.05, 0) is 98.5 Å². The lowest BCUT2D eigenvalue weighted by Crippen LogP contribution is -2.64. The minimum Gasteiger partial charge on any atom is -0.496 e. The number of thioether (sulfide) groups is 1. The number of hydrogen-bond acceptors (Lipinski definition) is 10. The highest BCUT2D eigenvalue weighted by atomic mass is 32.2. The van der Waals surface area contributed by atoms with E-state index in [4.69, 9.17) is 28.9 Å². The van der Waals surface area contributed by atoms with Crippen LogP contribution < -0.4 is 14.2 Å². The molecule has 0 radical (unpaired) electrons. The summed E-state index contributed by atoms with van der Waals surface area (Å²) in [5.74, 6) is 1.27. The van der Waals surface area contributed by atoms with E-state index < -0.39 is 5.79 Å². The highest BCUT2D eigenvalue weighted by molar-refractivity contribution is 8.00. The van der Waals surface area contributed by atoms with Crippen molar-refractivity contribution >= 4 is 23.8 Å². The SMILES string of the molecule is C=CCO[C@@]12Oc3ccc(Oc4ccc(OC)c(C=O)c4)cc3[C@H]3[C@H](CCCCO)[C@@H](CCCCO)C=C(C(=NOCC)C[C@@H]1Sc1ccccc1)[C@H]32. The third kappa shape index (κ3) is 8.36. The van der Waals surface area contributed by atoms with Crippen LogP contribution in [0, 0.1) is 17.8 Å². The highest BCUT2D eigenvalue weighted by Crippen LogP contribution is 2.63. The van der Waals surface area contributed by atoms with E-state index in [0.717, 1.165) is 65.9 Å². The number of ether oxygens (including phenoxy) is 4. The van der Waals surface area contributed by atoms with Crippen LogP contribution >= 0.6 is 11.8 Å². The molecule has 9 nitrogen and oxygen atoms in total. The zero-order valence-electron chi connectivity index (χ0n) is 30.7. The zero-order valence-corrected chi connectivity index (χ0v) is 31.5. The summed E-state index contributed by atoms with van der Waals surface area (Å²) in [5, 5.41) is 24.2. The van der Waals surface area contributed by atoms with Gasteiger partial charge in [0.1, 0.15) is 29.6 Å². The summed E-state index contributed by atoms with van der Waals surface area (Å²) in [6.45, 7) is 6.97. The van der Waals surface area contributed by atoms with Crippen molar-refractivity contribution in [3.05, 3.63) is 102 Å². The summed E-state index contributed by atoms with van der Waals surface area (Å²) in [4.78, 5) is 18.7. The number of allylic oxidation sites excluding steroid dienone is 1. The predicted molar refractivity (Wildman–Crippen MR) is 207 cm³/mol. The molecule has 0 saturated heterocycles. The van der Waals surface area contributed by atoms with E-state index in [9.17, 15) is 15.0 Å². The van der Waals surface area contributed by atoms with Crippen molar-refractivity contribution < 1.29 is 38.8 Å². The molecule has 1 aliphatic heterocycles. The lowest BCUT2D eigenvalue weighted by atomic mass is 9.56. The fourth-order valence-electron chi connectivity index (χ4n) is 8.30. The molecule has 0 bridgehead atoms. The molecule has 3 aliphatic rings. The van der Waals surface area contributed by atoms with Crippen LogP contribution in [0.2, 0.25) is 0 Å². The number of nitrogens with zero attached hydrogens (tertiary/aromatic N) is 1. The summed E-state index contributed by atoms with van der Waals surface area (Å²) >= 11 is 1.73. The molecule has 10 heteroatoms. The van der Waals surface area contributed by atoms with E-state index in [2.05, 4.69) is 30.9 Å². The van der Waals surface area contributed by atoms with Crippen LogP contribution in [0.3, 0.4) is 0 Å². The van der Waals surface area contributed by atoms with Crippen LogP contribution in [0.15, 0.2) is 101 Å². The van der Waals surface area contributed by atoms with Crippen molar-refractivity contribution in [2.24, 2.45) is 22.9 Å². The molecule has 0 amide bonds. The number of carbonyl (C=O) groups is 1. The average molecular weight is 742 g/mol. The van der Waals surface area contributed by atoms with Gasteiger partial charge in [-0.25, -0.2) is 0 Å². The molecule has 282 valence electrons. The van der Waals surface area contributed by atoms with E-state index in [0.29, 0.717) is 48.9 Å². The molecule has 1 saturated carbocycles. The molecule has 1 heterocycles. The molecule has 3 aromatic rings. The smallest absolute Gasteiger partial charge is 0.231 e. The first-order valence-corrected chi connectivity index (χ1v) is 19.6. The van der Waals surface area contributed by atoms with Crippen molar-refractivity contribution in [3.8, 4) is 23.0 Å². The molecule has 3 aromatic carbocycles. The maximum absolute atomic E-state index is 11.8. The van der Waals surface area contributed by atoms with Crippen LogP contribution in [0.4, 0.5) is 0 Å². The van der Waals surface area contributed by atoms with Gasteiger partial charge in [-0.1, -0.05) is 48.3 Å². The van der Waals surface area contributed by atoms with Crippen molar-refractivity contribution in [2.75, 3.05) is 33.5 Å². The molecule has 53 heavy (non-hydrogen) atoms. The number of carbonyl (C=O) groups excluding carboxylic acids is 1. The Bertz CT molecular complexity index is 1760. The number of oxime groups is 1. The number of unbranched alkanes of at least 4 members (excludes halogenated alkanes) is 2. The maximum atomic E-state index is 11.8. The van der Waals surface area contributed by atoms with Gasteiger partial charge in [0.2, 0.25) is 5.79 Å². The van der Waals surface area contributed by atoms with Crippen LogP contribution in [0.25, 0.3) is 0 Å². The van der Waals surface area contributed by atoms with Crippen LogP contribution in [-0.4, -0.2) is 66.8 Å². The Hall–Kier alpha value is -4.09. The lowest BCUT2D eigenvalue weighted by Gasteiger charge is -2.58. The Kier molecular flexibility index (Phi) is 13.3. The summed E-state index contributed by atoms with van der Waals surface area (Å²) in [7, 11) is 1.53. The molecule has 2 N–H and O–H groups in total. The molecule has 0 spiro atoms. The Morgan fingerprint density at radius 1 is 1.00 bits per heavy atom. The third-order valence-corrected chi connectivity index (χ3v) is 11.8. The van der Waals surface area contributed by atoms with Gasteiger partial charge in [-0.3, -0.25) is 4.79 Å². The number of aliphatic hydroxyl groups excluding tert-OH is 2. The number of fused-ring (bicyclic) bond motifs is 2. The first-order valence-electron chi connectivity index (χ1n) is 18.7. The molecule has 6 atom stereocenters. The largest absolute Gasteiger partial charge is 0.496 e. The Balaban J connectivity index is 1.54. The van der Waals surface area contributed by atoms with Gasteiger partial charge in [0.05, 0.1) is 36.2 Å². The number of aldehydes is 1. The van der Waals surface area contributed by atoms with Crippen molar-refractivity contribution in [1.29, 1.82) is 0 Å². The Morgan fingerprint density at radius 2 is 1.75 bits per heavy atom. The number of hydrogen-bond donors (Lipinski definition) is 2. The fraction of sp³-hybridized carbons (Fsp3) is 0.442. The monoisotopic (exact) mass is 741 g/mol. The number of rotatable bonds is 19. The van der Waals surface area contributed by atoms with E-state index in [1.807, 2.05) is 37.3 Å². The maximum Gasteiger partial charge on any atom is 0.231 e. The average Bonchev–Trinajstić information content (AvgIpc) is 3.18. The van der Waals surface area contributed by atoms with Crippen LogP contribution in [0.5, 0.6) is 23.0 Å². The Labute approximate surface area is 317 Å². The van der Waals surface area contributed by atoms with E-state index in [1.165, 1.54) is 7.11 Å². The van der Waals surface area contributed by atoms with E-state index >= 15 is 0 Å². The quantitative estimate of drug-likeness (QED) is 0.0539. The number of benzene rings is 3. The van der Waals surface area contributed by atoms with Gasteiger partial charge >= 0.3 is 0 Å². The van der Waals surface area contributed by atoms with Gasteiger partial charge in [-0.2, -0.15) is 0 Å². The molecule has 0 aromatic heterocycles. The summed E-state index contributed by atoms with van der Waals surface area (Å²) in [6.07, 6.45) is 10.4. The van der Waals surface area contributed by atoms with Gasteiger partial charge < -0.3 is 34.0 Å². The molecule has 6 rings (SSSR count). The number of methoxy groups -OCH3 is 1. The standard InChI is InChI=1S/C43H51NO8S/c1-4-23-49-43-40(53-33-14-7-6-8-15-33)27-37(44-50-5-2)35-25-29(13-9-11-21-45)34(16-10-12-22-46)41(42(35)43)36-26-32(18-20-39(36)52-43)51-31-17-19-38(48-3)30(24-31)28-47/h4,6-8,14-15,17-20,24-26,28-29,34,40-42,45-46H,1,5,9-13,16,21-23,27H2,2-3H3/t29-,34+,40-,41+,42+,43+/m0/s1.